The first-order chi connectivity index (χ1) is 12.6. The van der Waals surface area contributed by atoms with Crippen molar-refractivity contribution in [2.24, 2.45) is 0 Å². The summed E-state index contributed by atoms with van der Waals surface area (Å²) in [5, 5.41) is 15.2. The topological polar surface area (TPSA) is 96.9 Å². The van der Waals surface area contributed by atoms with E-state index in [9.17, 15) is 17.6 Å². The molecule has 0 amide bonds. The Kier molecular flexibility index (Phi) is 4.72. The molecule has 2 aromatic heterocycles. The van der Waals surface area contributed by atoms with Gasteiger partial charge in [-0.3, -0.25) is 20.4 Å². The highest BCUT2D eigenvalue weighted by Crippen LogP contribution is 2.39. The molecule has 27 heavy (non-hydrogen) atoms. The molecule has 1 fully saturated rings. The lowest BCUT2D eigenvalue weighted by molar-refractivity contribution is -0.165. The molecule has 144 valence electrons. The van der Waals surface area contributed by atoms with Crippen molar-refractivity contribution in [2.75, 3.05) is 7.11 Å². The average Bonchev–Trinajstić information content (AvgIpc) is 2.61. The SMILES string of the molecule is COC(F)(F)C(=N)n1cc(-c2ccc(OC3CC(F)(F)C3)nc2)ncc1=N. The fourth-order valence-electron chi connectivity index (χ4n) is 2.45. The second-order valence-electron chi connectivity index (χ2n) is 5.99. The smallest absolute Gasteiger partial charge is 0.415 e. The molecule has 3 rings (SSSR count). The summed E-state index contributed by atoms with van der Waals surface area (Å²) in [7, 11) is 0.751. The number of nitrogens with one attached hydrogen (secondary N) is 2. The van der Waals surface area contributed by atoms with Crippen LogP contribution < -0.4 is 10.2 Å². The van der Waals surface area contributed by atoms with Gasteiger partial charge in [0, 0.05) is 44.0 Å². The van der Waals surface area contributed by atoms with E-state index < -0.39 is 29.5 Å². The molecule has 0 spiro atoms. The summed E-state index contributed by atoms with van der Waals surface area (Å²) < 4.78 is 62.7. The monoisotopic (exact) mass is 385 g/mol. The molecule has 1 aliphatic rings. The van der Waals surface area contributed by atoms with E-state index >= 15 is 0 Å². The number of methoxy groups -OCH3 is 1. The molecule has 0 aliphatic heterocycles. The minimum atomic E-state index is -3.88. The predicted octanol–water partition coefficient (Wildman–Crippen LogP) is 2.67. The lowest BCUT2D eigenvalue weighted by Gasteiger charge is -2.34. The van der Waals surface area contributed by atoms with E-state index in [2.05, 4.69) is 14.7 Å². The lowest BCUT2D eigenvalue weighted by atomic mass is 9.91. The first-order valence-corrected chi connectivity index (χ1v) is 7.78. The maximum Gasteiger partial charge on any atom is 0.415 e. The van der Waals surface area contributed by atoms with Gasteiger partial charge in [-0.25, -0.2) is 13.8 Å². The lowest BCUT2D eigenvalue weighted by Crippen LogP contribution is -2.43. The van der Waals surface area contributed by atoms with Crippen molar-refractivity contribution in [1.29, 1.82) is 10.8 Å². The van der Waals surface area contributed by atoms with Crippen LogP contribution in [0.1, 0.15) is 12.8 Å². The van der Waals surface area contributed by atoms with Gasteiger partial charge in [-0.15, -0.1) is 0 Å². The summed E-state index contributed by atoms with van der Waals surface area (Å²) in [5.74, 6) is -3.78. The van der Waals surface area contributed by atoms with Crippen molar-refractivity contribution in [3.63, 3.8) is 0 Å². The van der Waals surface area contributed by atoms with Gasteiger partial charge in [-0.05, 0) is 6.07 Å². The second kappa shape index (κ2) is 6.72. The van der Waals surface area contributed by atoms with Crippen LogP contribution in [0, 0.1) is 10.8 Å². The molecule has 2 aromatic rings. The van der Waals surface area contributed by atoms with Gasteiger partial charge in [0.25, 0.3) is 5.92 Å². The zero-order valence-electron chi connectivity index (χ0n) is 14.0. The number of pyridine rings is 1. The Morgan fingerprint density at radius 3 is 2.52 bits per heavy atom. The van der Waals surface area contributed by atoms with Crippen LogP contribution in [0.4, 0.5) is 17.6 Å². The molecule has 7 nitrogen and oxygen atoms in total. The van der Waals surface area contributed by atoms with E-state index in [1.165, 1.54) is 18.3 Å². The highest BCUT2D eigenvalue weighted by atomic mass is 19.3. The molecule has 0 bridgehead atoms. The van der Waals surface area contributed by atoms with Crippen molar-refractivity contribution in [1.82, 2.24) is 14.5 Å². The Balaban J connectivity index is 1.80. The minimum Gasteiger partial charge on any atom is -0.474 e. The zero-order chi connectivity index (χ0) is 19.8. The maximum atomic E-state index is 13.6. The molecule has 0 saturated heterocycles. The zero-order valence-corrected chi connectivity index (χ0v) is 14.0. The van der Waals surface area contributed by atoms with Crippen molar-refractivity contribution in [2.45, 2.75) is 31.0 Å². The van der Waals surface area contributed by atoms with Gasteiger partial charge < -0.3 is 9.47 Å². The maximum absolute atomic E-state index is 13.6. The number of hydrogen-bond acceptors (Lipinski definition) is 6. The predicted molar refractivity (Wildman–Crippen MR) is 85.0 cm³/mol. The number of aromatic nitrogens is 3. The van der Waals surface area contributed by atoms with Crippen LogP contribution in [-0.2, 0) is 4.74 Å². The first-order valence-electron chi connectivity index (χ1n) is 7.78. The van der Waals surface area contributed by atoms with E-state index in [0.29, 0.717) is 10.1 Å². The summed E-state index contributed by atoms with van der Waals surface area (Å²) in [4.78, 5) is 7.96. The third kappa shape index (κ3) is 3.97. The van der Waals surface area contributed by atoms with E-state index in [-0.39, 0.29) is 24.4 Å². The van der Waals surface area contributed by atoms with Crippen molar-refractivity contribution < 1.29 is 27.0 Å². The Hall–Kier alpha value is -2.82. The van der Waals surface area contributed by atoms with Crippen molar-refractivity contribution in [3.05, 3.63) is 36.2 Å². The molecule has 1 saturated carbocycles. The normalized spacial score (nSPS) is 16.6. The number of halogens is 4. The number of hydrogen-bond donors (Lipinski definition) is 2. The minimum absolute atomic E-state index is 0.155. The highest BCUT2D eigenvalue weighted by Gasteiger charge is 2.47. The molecule has 0 unspecified atom stereocenters. The summed E-state index contributed by atoms with van der Waals surface area (Å²) in [6.07, 6.45) is -1.77. The average molecular weight is 385 g/mol. The van der Waals surface area contributed by atoms with Gasteiger partial charge >= 0.3 is 6.11 Å². The summed E-state index contributed by atoms with van der Waals surface area (Å²) in [6.45, 7) is 0. The molecule has 1 aliphatic carbocycles. The van der Waals surface area contributed by atoms with Gasteiger partial charge in [-0.1, -0.05) is 0 Å². The molecule has 0 radical (unpaired) electrons. The van der Waals surface area contributed by atoms with Crippen LogP contribution in [0.15, 0.2) is 30.7 Å². The second-order valence-corrected chi connectivity index (χ2v) is 5.99. The van der Waals surface area contributed by atoms with Crippen molar-refractivity contribution in [3.8, 4) is 17.1 Å². The largest absolute Gasteiger partial charge is 0.474 e. The van der Waals surface area contributed by atoms with Gasteiger partial charge in [0.1, 0.15) is 11.6 Å². The Morgan fingerprint density at radius 2 is 1.96 bits per heavy atom. The molecular weight excluding hydrogens is 370 g/mol. The quantitative estimate of drug-likeness (QED) is 0.470. The molecule has 0 aromatic carbocycles. The third-order valence-electron chi connectivity index (χ3n) is 3.98. The Labute approximate surface area is 150 Å². The number of rotatable bonds is 5. The van der Waals surface area contributed by atoms with Crippen LogP contribution >= 0.6 is 0 Å². The standard InChI is InChI=1S/C16H15F4N5O2/c1-26-16(19,20)14(22)25-8-11(23-7-12(25)21)9-2-3-13(24-6-9)27-10-4-15(17,18)5-10/h2-3,6-8,10,21-22H,4-5H2,1H3. The molecule has 0 atom stereocenters. The molecule has 11 heteroatoms. The number of alkyl halides is 4. The van der Waals surface area contributed by atoms with Crippen LogP contribution in [0.5, 0.6) is 5.88 Å². The molecule has 2 heterocycles. The fraction of sp³-hybridized carbons (Fsp3) is 0.375. The molecule has 2 N–H and O–H groups in total. The Morgan fingerprint density at radius 1 is 1.26 bits per heavy atom. The van der Waals surface area contributed by atoms with Crippen LogP contribution in [-0.4, -0.2) is 45.6 Å². The van der Waals surface area contributed by atoms with E-state index in [1.54, 1.807) is 0 Å². The van der Waals surface area contributed by atoms with Crippen LogP contribution in [0.3, 0.4) is 0 Å². The van der Waals surface area contributed by atoms with Crippen molar-refractivity contribution >= 4 is 5.84 Å². The van der Waals surface area contributed by atoms with Gasteiger partial charge in [-0.2, -0.15) is 8.78 Å². The molecular formula is C16H15F4N5O2. The Bertz CT molecular complexity index is 906. The third-order valence-corrected chi connectivity index (χ3v) is 3.98. The number of ether oxygens (including phenoxy) is 2. The summed E-state index contributed by atoms with van der Waals surface area (Å²) in [6, 6.07) is 2.97. The number of nitrogens with zero attached hydrogens (tertiary/aromatic N) is 3. The van der Waals surface area contributed by atoms with E-state index in [4.69, 9.17) is 15.6 Å². The van der Waals surface area contributed by atoms with Gasteiger partial charge in [0.05, 0.1) is 11.9 Å². The van der Waals surface area contributed by atoms with Gasteiger partial charge in [0.2, 0.25) is 11.7 Å². The van der Waals surface area contributed by atoms with Crippen LogP contribution in [0.25, 0.3) is 11.3 Å². The summed E-state index contributed by atoms with van der Waals surface area (Å²) in [5.41, 5.74) is 0.153. The van der Waals surface area contributed by atoms with E-state index in [1.807, 2.05) is 0 Å². The summed E-state index contributed by atoms with van der Waals surface area (Å²) >= 11 is 0. The van der Waals surface area contributed by atoms with E-state index in [0.717, 1.165) is 19.5 Å². The first kappa shape index (κ1) is 19.0. The van der Waals surface area contributed by atoms with Gasteiger partial charge in [0.15, 0.2) is 0 Å². The van der Waals surface area contributed by atoms with Crippen LogP contribution in [0.2, 0.25) is 0 Å². The highest BCUT2D eigenvalue weighted by molar-refractivity contribution is 5.87. The fourth-order valence-corrected chi connectivity index (χ4v) is 2.45.